The van der Waals surface area contributed by atoms with Gasteiger partial charge in [0, 0.05) is 37.1 Å². The number of hydrogen-bond acceptors (Lipinski definition) is 4. The third kappa shape index (κ3) is 3.47. The zero-order valence-electron chi connectivity index (χ0n) is 12.8. The van der Waals surface area contributed by atoms with Gasteiger partial charge < -0.3 is 10.2 Å². The van der Waals surface area contributed by atoms with Crippen LogP contribution in [0.2, 0.25) is 0 Å². The first-order chi connectivity index (χ1) is 10.8. The summed E-state index contributed by atoms with van der Waals surface area (Å²) < 4.78 is 0. The van der Waals surface area contributed by atoms with Crippen molar-refractivity contribution < 1.29 is 4.79 Å². The van der Waals surface area contributed by atoms with Crippen molar-refractivity contribution in [3.8, 4) is 0 Å². The molecule has 0 spiro atoms. The fraction of sp³-hybridized carbons (Fsp3) is 0.412. The highest BCUT2D eigenvalue weighted by atomic mass is 32.1. The van der Waals surface area contributed by atoms with Gasteiger partial charge in [0.05, 0.1) is 6.42 Å². The van der Waals surface area contributed by atoms with Crippen molar-refractivity contribution in [1.82, 2.24) is 9.88 Å². The monoisotopic (exact) mass is 315 g/mol. The minimum atomic E-state index is 0.245. The standard InChI is InChI=1S/C17H21N3OS/c1-18-16-10-13(6-7-19-16)14-4-2-8-20(12-14)17(21)11-15-5-3-9-22-15/h3,5-7,9-10,14H,2,4,8,11-12H2,1H3,(H,18,19)/t14-/m1/s1. The third-order valence-electron chi connectivity index (χ3n) is 4.19. The molecule has 1 N–H and O–H groups in total. The summed E-state index contributed by atoms with van der Waals surface area (Å²) in [5.74, 6) is 1.55. The average Bonchev–Trinajstić information content (AvgIpc) is 3.08. The Kier molecular flexibility index (Phi) is 4.73. The maximum atomic E-state index is 12.5. The number of anilines is 1. The summed E-state index contributed by atoms with van der Waals surface area (Å²) in [6.45, 7) is 1.70. The van der Waals surface area contributed by atoms with Crippen molar-refractivity contribution in [1.29, 1.82) is 0 Å². The van der Waals surface area contributed by atoms with Gasteiger partial charge in [0.1, 0.15) is 5.82 Å². The highest BCUT2D eigenvalue weighted by Crippen LogP contribution is 2.28. The molecule has 1 saturated heterocycles. The highest BCUT2D eigenvalue weighted by molar-refractivity contribution is 7.10. The number of aromatic nitrogens is 1. The van der Waals surface area contributed by atoms with E-state index in [0.717, 1.165) is 36.6 Å². The topological polar surface area (TPSA) is 45.2 Å². The molecule has 3 heterocycles. The number of piperidine rings is 1. The normalized spacial score (nSPS) is 18.2. The second-order valence-electron chi connectivity index (χ2n) is 5.66. The highest BCUT2D eigenvalue weighted by Gasteiger charge is 2.25. The van der Waals surface area contributed by atoms with E-state index in [9.17, 15) is 4.79 Å². The first-order valence-corrected chi connectivity index (χ1v) is 8.58. The molecule has 1 atom stereocenters. The molecule has 0 unspecified atom stereocenters. The average molecular weight is 315 g/mol. The Morgan fingerprint density at radius 3 is 3.18 bits per heavy atom. The van der Waals surface area contributed by atoms with E-state index >= 15 is 0 Å². The molecule has 0 saturated carbocycles. The number of nitrogens with one attached hydrogen (secondary N) is 1. The van der Waals surface area contributed by atoms with Gasteiger partial charge in [-0.25, -0.2) is 4.98 Å². The predicted molar refractivity (Wildman–Crippen MR) is 90.4 cm³/mol. The first kappa shape index (κ1) is 15.0. The lowest BCUT2D eigenvalue weighted by molar-refractivity contribution is -0.131. The van der Waals surface area contributed by atoms with Crippen LogP contribution in [0.4, 0.5) is 5.82 Å². The van der Waals surface area contributed by atoms with Gasteiger partial charge in [-0.2, -0.15) is 0 Å². The number of rotatable bonds is 4. The van der Waals surface area contributed by atoms with Crippen molar-refractivity contribution in [3.63, 3.8) is 0 Å². The quantitative estimate of drug-likeness (QED) is 0.943. The summed E-state index contributed by atoms with van der Waals surface area (Å²) >= 11 is 1.65. The minimum Gasteiger partial charge on any atom is -0.373 e. The smallest absolute Gasteiger partial charge is 0.227 e. The number of carbonyl (C=O) groups excluding carboxylic acids is 1. The van der Waals surface area contributed by atoms with Crippen LogP contribution < -0.4 is 5.32 Å². The van der Waals surface area contributed by atoms with Crippen LogP contribution in [-0.2, 0) is 11.2 Å². The van der Waals surface area contributed by atoms with Crippen molar-refractivity contribution >= 4 is 23.1 Å². The van der Waals surface area contributed by atoms with E-state index in [0.29, 0.717) is 12.3 Å². The Morgan fingerprint density at radius 2 is 2.41 bits per heavy atom. The van der Waals surface area contributed by atoms with E-state index < -0.39 is 0 Å². The fourth-order valence-corrected chi connectivity index (χ4v) is 3.68. The SMILES string of the molecule is CNc1cc([C@@H]2CCCN(C(=O)Cc3cccs3)C2)ccn1. The summed E-state index contributed by atoms with van der Waals surface area (Å²) in [5.41, 5.74) is 1.27. The van der Waals surface area contributed by atoms with Crippen LogP contribution in [-0.4, -0.2) is 35.9 Å². The molecule has 1 aliphatic rings. The molecule has 5 heteroatoms. The second-order valence-corrected chi connectivity index (χ2v) is 6.69. The van der Waals surface area contributed by atoms with Gasteiger partial charge in [-0.1, -0.05) is 6.07 Å². The summed E-state index contributed by atoms with van der Waals surface area (Å²) in [4.78, 5) is 19.9. The zero-order chi connectivity index (χ0) is 15.4. The fourth-order valence-electron chi connectivity index (χ4n) is 2.99. The van der Waals surface area contributed by atoms with E-state index in [1.165, 1.54) is 5.56 Å². The molecule has 2 aromatic rings. The summed E-state index contributed by atoms with van der Waals surface area (Å²) in [6.07, 6.45) is 4.57. The molecule has 4 nitrogen and oxygen atoms in total. The lowest BCUT2D eigenvalue weighted by atomic mass is 9.91. The van der Waals surface area contributed by atoms with Gasteiger partial charge in [0.25, 0.3) is 0 Å². The molecule has 0 radical (unpaired) electrons. The van der Waals surface area contributed by atoms with Crippen LogP contribution in [0.1, 0.15) is 29.2 Å². The van der Waals surface area contributed by atoms with Crippen molar-refractivity contribution in [2.75, 3.05) is 25.5 Å². The Morgan fingerprint density at radius 1 is 1.50 bits per heavy atom. The van der Waals surface area contributed by atoms with E-state index in [-0.39, 0.29) is 5.91 Å². The van der Waals surface area contributed by atoms with Gasteiger partial charge in [-0.3, -0.25) is 4.79 Å². The van der Waals surface area contributed by atoms with Crippen molar-refractivity contribution in [2.24, 2.45) is 0 Å². The summed E-state index contributed by atoms with van der Waals surface area (Å²) in [6, 6.07) is 8.20. The minimum absolute atomic E-state index is 0.245. The third-order valence-corrected chi connectivity index (χ3v) is 5.07. The molecule has 3 rings (SSSR count). The molecule has 0 aromatic carbocycles. The van der Waals surface area contributed by atoms with Crippen LogP contribution in [0, 0.1) is 0 Å². The van der Waals surface area contributed by atoms with Gasteiger partial charge in [-0.15, -0.1) is 11.3 Å². The molecule has 22 heavy (non-hydrogen) atoms. The lowest BCUT2D eigenvalue weighted by Crippen LogP contribution is -2.39. The van der Waals surface area contributed by atoms with Crippen LogP contribution in [0.25, 0.3) is 0 Å². The molecule has 116 valence electrons. The maximum absolute atomic E-state index is 12.5. The molecule has 0 aliphatic carbocycles. The van der Waals surface area contributed by atoms with Crippen molar-refractivity contribution in [3.05, 3.63) is 46.3 Å². The van der Waals surface area contributed by atoms with E-state index in [1.54, 1.807) is 11.3 Å². The van der Waals surface area contributed by atoms with Gasteiger partial charge >= 0.3 is 0 Å². The number of thiophene rings is 1. The Bertz CT molecular complexity index is 627. The Balaban J connectivity index is 1.67. The molecule has 1 amide bonds. The molecule has 0 bridgehead atoms. The Labute approximate surface area is 135 Å². The van der Waals surface area contributed by atoms with E-state index in [4.69, 9.17) is 0 Å². The molecule has 2 aromatic heterocycles. The molecular formula is C17H21N3OS. The number of carbonyl (C=O) groups is 1. The van der Waals surface area contributed by atoms with Crippen LogP contribution in [0.3, 0.4) is 0 Å². The van der Waals surface area contributed by atoms with Crippen molar-refractivity contribution in [2.45, 2.75) is 25.2 Å². The summed E-state index contributed by atoms with van der Waals surface area (Å²) in [5, 5.41) is 5.11. The largest absolute Gasteiger partial charge is 0.373 e. The number of hydrogen-bond donors (Lipinski definition) is 1. The van der Waals surface area contributed by atoms with E-state index in [1.807, 2.05) is 35.7 Å². The van der Waals surface area contributed by atoms with Gasteiger partial charge in [0.2, 0.25) is 5.91 Å². The van der Waals surface area contributed by atoms with Crippen LogP contribution >= 0.6 is 11.3 Å². The molecule has 1 aliphatic heterocycles. The van der Waals surface area contributed by atoms with Crippen LogP contribution in [0.5, 0.6) is 0 Å². The summed E-state index contributed by atoms with van der Waals surface area (Å²) in [7, 11) is 1.88. The predicted octanol–water partition coefficient (Wildman–Crippen LogP) is 3.13. The van der Waals surface area contributed by atoms with Gasteiger partial charge in [-0.05, 0) is 42.0 Å². The van der Waals surface area contributed by atoms with Gasteiger partial charge in [0.15, 0.2) is 0 Å². The molecular weight excluding hydrogens is 294 g/mol. The number of likely N-dealkylation sites (tertiary alicyclic amines) is 1. The number of amides is 1. The number of pyridine rings is 1. The second kappa shape index (κ2) is 6.92. The van der Waals surface area contributed by atoms with E-state index in [2.05, 4.69) is 22.4 Å². The zero-order valence-corrected chi connectivity index (χ0v) is 13.6. The Hall–Kier alpha value is -1.88. The maximum Gasteiger partial charge on any atom is 0.227 e. The lowest BCUT2D eigenvalue weighted by Gasteiger charge is -2.33. The van der Waals surface area contributed by atoms with Crippen LogP contribution in [0.15, 0.2) is 35.8 Å². The number of nitrogens with zero attached hydrogens (tertiary/aromatic N) is 2. The first-order valence-electron chi connectivity index (χ1n) is 7.70. The molecule has 1 fully saturated rings.